The van der Waals surface area contributed by atoms with Crippen LogP contribution in [0.3, 0.4) is 0 Å². The normalized spacial score (nSPS) is 11.1. The molecule has 0 saturated carbocycles. The van der Waals surface area contributed by atoms with E-state index in [2.05, 4.69) is 15.2 Å². The summed E-state index contributed by atoms with van der Waals surface area (Å²) in [5.41, 5.74) is 3.17. The Kier molecular flexibility index (Phi) is 7.93. The van der Waals surface area contributed by atoms with Crippen molar-refractivity contribution in [3.05, 3.63) is 74.2 Å². The Hall–Kier alpha value is -2.39. The molecule has 6 nitrogen and oxygen atoms in total. The van der Waals surface area contributed by atoms with Crippen molar-refractivity contribution in [3.63, 3.8) is 0 Å². The molecule has 4 aromatic rings. The first-order valence-electron chi connectivity index (χ1n) is 10.8. The molecule has 0 aliphatic carbocycles. The molecule has 2 aromatic carbocycles. The van der Waals surface area contributed by atoms with Crippen LogP contribution in [0.15, 0.2) is 53.0 Å². The Morgan fingerprint density at radius 2 is 1.88 bits per heavy atom. The second-order valence-corrected chi connectivity index (χ2v) is 10.2. The average Bonchev–Trinajstić information content (AvgIpc) is 3.47. The molecule has 1 amide bonds. The van der Waals surface area contributed by atoms with Crippen molar-refractivity contribution in [2.75, 3.05) is 13.1 Å². The fraction of sp³-hybridized carbons (Fsp3) is 0.250. The van der Waals surface area contributed by atoms with Crippen LogP contribution in [-0.2, 0) is 5.75 Å². The van der Waals surface area contributed by atoms with Crippen LogP contribution in [-0.4, -0.2) is 43.6 Å². The van der Waals surface area contributed by atoms with E-state index in [9.17, 15) is 4.79 Å². The number of rotatable bonds is 8. The van der Waals surface area contributed by atoms with Gasteiger partial charge in [0, 0.05) is 29.1 Å². The first-order chi connectivity index (χ1) is 16.4. The lowest BCUT2D eigenvalue weighted by molar-refractivity contribution is 0.0768. The van der Waals surface area contributed by atoms with Crippen LogP contribution in [0.4, 0.5) is 0 Å². The summed E-state index contributed by atoms with van der Waals surface area (Å²) in [6.07, 6.45) is 0. The number of halogens is 2. The van der Waals surface area contributed by atoms with Crippen molar-refractivity contribution in [1.29, 1.82) is 0 Å². The summed E-state index contributed by atoms with van der Waals surface area (Å²) in [6, 6.07) is 13.3. The summed E-state index contributed by atoms with van der Waals surface area (Å²) >= 11 is 15.8. The zero-order chi connectivity index (χ0) is 24.2. The van der Waals surface area contributed by atoms with Gasteiger partial charge in [-0.3, -0.25) is 9.36 Å². The Balaban J connectivity index is 1.68. The largest absolute Gasteiger partial charge is 0.338 e. The summed E-state index contributed by atoms with van der Waals surface area (Å²) in [4.78, 5) is 18.9. The second-order valence-electron chi connectivity index (χ2n) is 7.44. The number of aromatic nitrogens is 4. The second kappa shape index (κ2) is 10.9. The fourth-order valence-electron chi connectivity index (χ4n) is 3.50. The van der Waals surface area contributed by atoms with Crippen molar-refractivity contribution in [2.24, 2.45) is 0 Å². The molecule has 0 spiro atoms. The predicted molar refractivity (Wildman–Crippen MR) is 140 cm³/mol. The third-order valence-electron chi connectivity index (χ3n) is 5.31. The summed E-state index contributed by atoms with van der Waals surface area (Å²) in [5.74, 6) is 1.14. The van der Waals surface area contributed by atoms with Gasteiger partial charge in [0.1, 0.15) is 10.7 Å². The monoisotopic (exact) mass is 531 g/mol. The van der Waals surface area contributed by atoms with Crippen LogP contribution in [0.2, 0.25) is 10.0 Å². The number of benzene rings is 2. The Morgan fingerprint density at radius 1 is 1.12 bits per heavy atom. The molecule has 0 unspecified atom stereocenters. The van der Waals surface area contributed by atoms with Gasteiger partial charge in [0.2, 0.25) is 0 Å². The highest BCUT2D eigenvalue weighted by molar-refractivity contribution is 7.98. The minimum absolute atomic E-state index is 0.0452. The number of hydrogen-bond acceptors (Lipinski definition) is 6. The van der Waals surface area contributed by atoms with E-state index < -0.39 is 0 Å². The van der Waals surface area contributed by atoms with Crippen LogP contribution in [0, 0.1) is 6.92 Å². The number of carbonyl (C=O) groups excluding carboxylic acids is 1. The van der Waals surface area contributed by atoms with Crippen LogP contribution in [0.25, 0.3) is 17.1 Å². The molecule has 0 atom stereocenters. The van der Waals surface area contributed by atoms with Crippen molar-refractivity contribution in [1.82, 2.24) is 24.6 Å². The summed E-state index contributed by atoms with van der Waals surface area (Å²) in [6.45, 7) is 7.26. The number of hydrogen-bond donors (Lipinski definition) is 0. The number of thiazole rings is 1. The van der Waals surface area contributed by atoms with Crippen molar-refractivity contribution in [3.8, 4) is 17.1 Å². The fourth-order valence-corrected chi connectivity index (χ4v) is 5.61. The van der Waals surface area contributed by atoms with Crippen LogP contribution in [0.1, 0.15) is 34.9 Å². The average molecular weight is 533 g/mol. The van der Waals surface area contributed by atoms with E-state index in [1.165, 1.54) is 23.1 Å². The molecule has 10 heteroatoms. The van der Waals surface area contributed by atoms with Gasteiger partial charge in [-0.25, -0.2) is 4.98 Å². The zero-order valence-corrected chi connectivity index (χ0v) is 22.1. The number of thioether (sulfide) groups is 1. The molecule has 0 saturated heterocycles. The summed E-state index contributed by atoms with van der Waals surface area (Å²) in [5, 5.41) is 13.5. The number of carbonyl (C=O) groups is 1. The minimum Gasteiger partial charge on any atom is -0.338 e. The van der Waals surface area contributed by atoms with Gasteiger partial charge >= 0.3 is 0 Å². The third-order valence-corrected chi connectivity index (χ3v) is 7.84. The van der Waals surface area contributed by atoms with Crippen molar-refractivity contribution < 1.29 is 4.79 Å². The Morgan fingerprint density at radius 3 is 2.62 bits per heavy atom. The van der Waals surface area contributed by atoms with E-state index in [1.807, 2.05) is 73.2 Å². The molecule has 4 rings (SSSR count). The van der Waals surface area contributed by atoms with Gasteiger partial charge < -0.3 is 4.90 Å². The molecule has 0 fully saturated rings. The lowest BCUT2D eigenvalue weighted by Crippen LogP contribution is -2.30. The molecule has 34 heavy (non-hydrogen) atoms. The van der Waals surface area contributed by atoms with E-state index in [0.29, 0.717) is 45.6 Å². The van der Waals surface area contributed by atoms with E-state index in [4.69, 9.17) is 23.2 Å². The molecular weight excluding hydrogens is 509 g/mol. The molecule has 176 valence electrons. The lowest BCUT2D eigenvalue weighted by Gasteiger charge is -2.16. The lowest BCUT2D eigenvalue weighted by atomic mass is 10.1. The van der Waals surface area contributed by atoms with Gasteiger partial charge in [-0.15, -0.1) is 21.5 Å². The molecule has 0 bridgehead atoms. The maximum Gasteiger partial charge on any atom is 0.273 e. The van der Waals surface area contributed by atoms with Crippen LogP contribution >= 0.6 is 46.3 Å². The van der Waals surface area contributed by atoms with E-state index in [1.54, 1.807) is 4.90 Å². The zero-order valence-electron chi connectivity index (χ0n) is 19.0. The van der Waals surface area contributed by atoms with E-state index in [0.717, 1.165) is 21.8 Å². The highest BCUT2D eigenvalue weighted by Gasteiger charge is 2.21. The van der Waals surface area contributed by atoms with Gasteiger partial charge in [-0.1, -0.05) is 53.2 Å². The summed E-state index contributed by atoms with van der Waals surface area (Å²) in [7, 11) is 0. The number of nitrogens with zero attached hydrogens (tertiary/aromatic N) is 5. The van der Waals surface area contributed by atoms with Gasteiger partial charge in [-0.2, -0.15) is 0 Å². The maximum absolute atomic E-state index is 12.6. The van der Waals surface area contributed by atoms with E-state index >= 15 is 0 Å². The van der Waals surface area contributed by atoms with Gasteiger partial charge in [-0.05, 0) is 50.6 Å². The maximum atomic E-state index is 12.6. The number of amides is 1. The Bertz CT molecular complexity index is 1320. The standard InChI is InChI=1S/C24H23Cl2N5OS2/c1-4-30(5-2)23(32)19-13-33-21(27-19)14-34-24-29-28-22(17-8-6-7-9-18(17)26)31(24)20-12-16(25)11-10-15(20)3/h6-13H,4-5,14H2,1-3H3. The minimum atomic E-state index is -0.0452. The third kappa shape index (κ3) is 5.15. The highest BCUT2D eigenvalue weighted by Crippen LogP contribution is 2.35. The van der Waals surface area contributed by atoms with Crippen LogP contribution in [0.5, 0.6) is 0 Å². The molecule has 0 aliphatic rings. The molecule has 2 aromatic heterocycles. The molecule has 0 radical (unpaired) electrons. The topological polar surface area (TPSA) is 63.9 Å². The first-order valence-corrected chi connectivity index (χ1v) is 13.4. The Labute approximate surface area is 216 Å². The summed E-state index contributed by atoms with van der Waals surface area (Å²) < 4.78 is 1.97. The van der Waals surface area contributed by atoms with Gasteiger partial charge in [0.15, 0.2) is 11.0 Å². The predicted octanol–water partition coefficient (Wildman–Crippen LogP) is 6.78. The first kappa shape index (κ1) is 24.7. The molecule has 0 N–H and O–H groups in total. The molecular formula is C24H23Cl2N5OS2. The highest BCUT2D eigenvalue weighted by atomic mass is 35.5. The quantitative estimate of drug-likeness (QED) is 0.234. The van der Waals surface area contributed by atoms with Gasteiger partial charge in [0.25, 0.3) is 5.91 Å². The van der Waals surface area contributed by atoms with Crippen molar-refractivity contribution >= 4 is 52.2 Å². The molecule has 0 aliphatic heterocycles. The van der Waals surface area contributed by atoms with Crippen molar-refractivity contribution in [2.45, 2.75) is 31.7 Å². The van der Waals surface area contributed by atoms with Gasteiger partial charge in [0.05, 0.1) is 16.5 Å². The SMILES string of the molecule is CCN(CC)C(=O)c1csc(CSc2nnc(-c3ccccc3Cl)n2-c2cc(Cl)ccc2C)n1. The number of aryl methyl sites for hydroxylation is 1. The van der Waals surface area contributed by atoms with E-state index in [-0.39, 0.29) is 5.91 Å². The smallest absolute Gasteiger partial charge is 0.273 e. The van der Waals surface area contributed by atoms with Crippen LogP contribution < -0.4 is 0 Å². The molecule has 2 heterocycles.